The standard InChI is InChI=1S/C10H12N/c1-2-8-4-3-5-10-9(8)6-7-11-10/h2-5,11H,6-7H2,1H3. The number of rotatable bonds is 1. The molecule has 1 nitrogen and oxygen atoms in total. The molecule has 1 aliphatic rings. The lowest BCUT2D eigenvalue weighted by atomic mass is 10.0. The van der Waals surface area contributed by atoms with Crippen LogP contribution in [0, 0.1) is 6.42 Å². The van der Waals surface area contributed by atoms with Gasteiger partial charge in [-0.2, -0.15) is 0 Å². The van der Waals surface area contributed by atoms with E-state index in [0.717, 1.165) is 6.54 Å². The van der Waals surface area contributed by atoms with Crippen molar-refractivity contribution in [1.82, 2.24) is 0 Å². The number of benzene rings is 1. The summed E-state index contributed by atoms with van der Waals surface area (Å²) in [4.78, 5) is 0. The highest BCUT2D eigenvalue weighted by atomic mass is 14.9. The van der Waals surface area contributed by atoms with Gasteiger partial charge >= 0.3 is 0 Å². The third-order valence-corrected chi connectivity index (χ3v) is 2.21. The van der Waals surface area contributed by atoms with Crippen LogP contribution in [0.5, 0.6) is 0 Å². The topological polar surface area (TPSA) is 12.0 Å². The molecule has 0 saturated heterocycles. The molecule has 0 amide bonds. The van der Waals surface area contributed by atoms with E-state index in [2.05, 4.69) is 36.9 Å². The van der Waals surface area contributed by atoms with Crippen LogP contribution in [0.25, 0.3) is 0 Å². The minimum absolute atomic E-state index is 1.10. The zero-order valence-electron chi connectivity index (χ0n) is 6.72. The molecule has 1 aromatic rings. The summed E-state index contributed by atoms with van der Waals surface area (Å²) in [6.07, 6.45) is 3.35. The number of hydrogen-bond donors (Lipinski definition) is 1. The first-order valence-electron chi connectivity index (χ1n) is 4.07. The highest BCUT2D eigenvalue weighted by Gasteiger charge is 2.11. The number of nitrogens with one attached hydrogen (secondary N) is 1. The maximum Gasteiger partial charge on any atom is 0.0376 e. The summed E-state index contributed by atoms with van der Waals surface area (Å²) in [5.74, 6) is 0. The fraction of sp³-hybridized carbons (Fsp3) is 0.300. The van der Waals surface area contributed by atoms with Crippen molar-refractivity contribution in [2.75, 3.05) is 11.9 Å². The maximum absolute atomic E-state index is 3.35. The molecule has 1 heteroatoms. The minimum atomic E-state index is 1.10. The average molecular weight is 146 g/mol. The van der Waals surface area contributed by atoms with E-state index in [4.69, 9.17) is 0 Å². The molecule has 1 radical (unpaired) electrons. The lowest BCUT2D eigenvalue weighted by Gasteiger charge is -2.03. The summed E-state index contributed by atoms with van der Waals surface area (Å²) < 4.78 is 0. The first-order chi connectivity index (χ1) is 5.42. The van der Waals surface area contributed by atoms with Gasteiger partial charge in [0.25, 0.3) is 0 Å². The molecule has 0 fully saturated rings. The van der Waals surface area contributed by atoms with Crippen LogP contribution >= 0.6 is 0 Å². The van der Waals surface area contributed by atoms with E-state index in [1.54, 1.807) is 0 Å². The fourth-order valence-electron chi connectivity index (χ4n) is 1.64. The second-order valence-electron chi connectivity index (χ2n) is 2.84. The van der Waals surface area contributed by atoms with Gasteiger partial charge in [0, 0.05) is 12.2 Å². The molecule has 2 rings (SSSR count). The highest BCUT2D eigenvalue weighted by Crippen LogP contribution is 2.25. The average Bonchev–Trinajstić information content (AvgIpc) is 2.50. The Morgan fingerprint density at radius 2 is 2.36 bits per heavy atom. The number of hydrogen-bond acceptors (Lipinski definition) is 1. The largest absolute Gasteiger partial charge is 0.384 e. The summed E-state index contributed by atoms with van der Waals surface area (Å²) in [6, 6.07) is 6.42. The molecule has 0 atom stereocenters. The van der Waals surface area contributed by atoms with Crippen LogP contribution in [-0.4, -0.2) is 6.54 Å². The smallest absolute Gasteiger partial charge is 0.0376 e. The zero-order valence-corrected chi connectivity index (χ0v) is 6.72. The van der Waals surface area contributed by atoms with E-state index >= 15 is 0 Å². The predicted octanol–water partition coefficient (Wildman–Crippen LogP) is 2.23. The van der Waals surface area contributed by atoms with Crippen molar-refractivity contribution >= 4 is 5.69 Å². The summed E-state index contributed by atoms with van der Waals surface area (Å²) in [5, 5.41) is 3.35. The Morgan fingerprint density at radius 3 is 3.18 bits per heavy atom. The van der Waals surface area contributed by atoms with Crippen LogP contribution in [0.1, 0.15) is 18.1 Å². The third kappa shape index (κ3) is 1.01. The van der Waals surface area contributed by atoms with Gasteiger partial charge in [0.1, 0.15) is 0 Å². The minimum Gasteiger partial charge on any atom is -0.384 e. The van der Waals surface area contributed by atoms with Crippen LogP contribution < -0.4 is 5.32 Å². The SMILES string of the molecule is C[CH]c1cccc2c1CCN2. The molecule has 1 N–H and O–H groups in total. The van der Waals surface area contributed by atoms with Crippen LogP contribution in [0.2, 0.25) is 0 Å². The van der Waals surface area contributed by atoms with Gasteiger partial charge in [-0.05, 0) is 30.0 Å². The molecule has 0 spiro atoms. The van der Waals surface area contributed by atoms with Crippen LogP contribution in [0.15, 0.2) is 18.2 Å². The van der Waals surface area contributed by atoms with Crippen molar-refractivity contribution in [3.8, 4) is 0 Å². The summed E-state index contributed by atoms with van der Waals surface area (Å²) in [5.41, 5.74) is 4.18. The molecule has 11 heavy (non-hydrogen) atoms. The molecule has 57 valence electrons. The molecule has 0 saturated carbocycles. The summed E-state index contributed by atoms with van der Waals surface area (Å²) >= 11 is 0. The normalized spacial score (nSPS) is 14.3. The quantitative estimate of drug-likeness (QED) is 0.640. The van der Waals surface area contributed by atoms with E-state index in [9.17, 15) is 0 Å². The van der Waals surface area contributed by atoms with Gasteiger partial charge < -0.3 is 5.32 Å². The van der Waals surface area contributed by atoms with Gasteiger partial charge in [0.05, 0.1) is 0 Å². The monoisotopic (exact) mass is 146 g/mol. The van der Waals surface area contributed by atoms with E-state index in [0.29, 0.717) is 0 Å². The van der Waals surface area contributed by atoms with Crippen LogP contribution in [-0.2, 0) is 6.42 Å². The Labute approximate surface area is 67.4 Å². The molecule has 0 aliphatic carbocycles. The fourth-order valence-corrected chi connectivity index (χ4v) is 1.64. The lowest BCUT2D eigenvalue weighted by Crippen LogP contribution is -1.90. The van der Waals surface area contributed by atoms with Gasteiger partial charge in [0.15, 0.2) is 0 Å². The first-order valence-corrected chi connectivity index (χ1v) is 4.07. The van der Waals surface area contributed by atoms with Gasteiger partial charge in [0.2, 0.25) is 0 Å². The second kappa shape index (κ2) is 2.57. The Kier molecular flexibility index (Phi) is 1.57. The molecule has 1 heterocycles. The molecular weight excluding hydrogens is 134 g/mol. The highest BCUT2D eigenvalue weighted by molar-refractivity contribution is 5.59. The Morgan fingerprint density at radius 1 is 1.45 bits per heavy atom. The Balaban J connectivity index is 2.50. The first kappa shape index (κ1) is 6.71. The van der Waals surface area contributed by atoms with Crippen molar-refractivity contribution < 1.29 is 0 Å². The van der Waals surface area contributed by atoms with Gasteiger partial charge in [-0.25, -0.2) is 0 Å². The lowest BCUT2D eigenvalue weighted by molar-refractivity contribution is 1.09. The molecule has 0 aromatic heterocycles. The predicted molar refractivity (Wildman–Crippen MR) is 47.7 cm³/mol. The number of fused-ring (bicyclic) bond motifs is 1. The van der Waals surface area contributed by atoms with E-state index < -0.39 is 0 Å². The Bertz CT molecular complexity index is 266. The van der Waals surface area contributed by atoms with Crippen molar-refractivity contribution in [2.24, 2.45) is 0 Å². The van der Waals surface area contributed by atoms with E-state index in [-0.39, 0.29) is 0 Å². The van der Waals surface area contributed by atoms with Crippen LogP contribution in [0.3, 0.4) is 0 Å². The van der Waals surface area contributed by atoms with Gasteiger partial charge in [-0.3, -0.25) is 0 Å². The third-order valence-electron chi connectivity index (χ3n) is 2.21. The van der Waals surface area contributed by atoms with Crippen LogP contribution in [0.4, 0.5) is 5.69 Å². The molecule has 0 unspecified atom stereocenters. The number of anilines is 1. The molecule has 1 aromatic carbocycles. The molecular formula is C10H12N. The molecule has 1 aliphatic heterocycles. The van der Waals surface area contributed by atoms with E-state index in [1.807, 2.05) is 0 Å². The summed E-state index contributed by atoms with van der Waals surface area (Å²) in [7, 11) is 0. The Hall–Kier alpha value is -0.980. The summed E-state index contributed by atoms with van der Waals surface area (Å²) in [6.45, 7) is 3.19. The zero-order chi connectivity index (χ0) is 7.68. The molecule has 0 bridgehead atoms. The van der Waals surface area contributed by atoms with Crippen molar-refractivity contribution in [3.63, 3.8) is 0 Å². The van der Waals surface area contributed by atoms with Crippen molar-refractivity contribution in [3.05, 3.63) is 35.7 Å². The van der Waals surface area contributed by atoms with Gasteiger partial charge in [-0.1, -0.05) is 19.1 Å². The second-order valence-corrected chi connectivity index (χ2v) is 2.84. The van der Waals surface area contributed by atoms with Crippen molar-refractivity contribution in [1.29, 1.82) is 0 Å². The maximum atomic E-state index is 3.35. The van der Waals surface area contributed by atoms with Gasteiger partial charge in [-0.15, -0.1) is 0 Å². The van der Waals surface area contributed by atoms with E-state index in [1.165, 1.54) is 23.2 Å². The van der Waals surface area contributed by atoms with Crippen molar-refractivity contribution in [2.45, 2.75) is 13.3 Å².